The SMILES string of the molecule is CC(C)CCC(C)(O)c1cnc2ccccc2c1. The lowest BCUT2D eigenvalue weighted by atomic mass is 9.89. The van der Waals surface area contributed by atoms with Crippen molar-refractivity contribution in [2.24, 2.45) is 5.92 Å². The summed E-state index contributed by atoms with van der Waals surface area (Å²) in [5.74, 6) is 0.602. The van der Waals surface area contributed by atoms with Crippen LogP contribution in [0.1, 0.15) is 39.2 Å². The Hall–Kier alpha value is -1.41. The third-order valence-electron chi connectivity index (χ3n) is 3.42. The Bertz CT molecular complexity index is 531. The number of pyridine rings is 1. The second kappa shape index (κ2) is 5.07. The van der Waals surface area contributed by atoms with Gasteiger partial charge in [-0.2, -0.15) is 0 Å². The molecule has 1 aromatic carbocycles. The highest BCUT2D eigenvalue weighted by atomic mass is 16.3. The predicted octanol–water partition coefficient (Wildman–Crippen LogP) is 3.88. The van der Waals surface area contributed by atoms with Crippen LogP contribution in [0.5, 0.6) is 0 Å². The van der Waals surface area contributed by atoms with E-state index in [9.17, 15) is 5.11 Å². The quantitative estimate of drug-likeness (QED) is 0.884. The number of rotatable bonds is 4. The highest BCUT2D eigenvalue weighted by molar-refractivity contribution is 5.78. The average Bonchev–Trinajstić information content (AvgIpc) is 2.36. The van der Waals surface area contributed by atoms with Gasteiger partial charge < -0.3 is 5.11 Å². The molecule has 1 aromatic heterocycles. The first-order valence-electron chi connectivity index (χ1n) is 6.57. The molecule has 0 aliphatic carbocycles. The number of benzene rings is 1. The second-order valence-corrected chi connectivity index (χ2v) is 5.62. The van der Waals surface area contributed by atoms with Gasteiger partial charge in [-0.15, -0.1) is 0 Å². The van der Waals surface area contributed by atoms with Gasteiger partial charge in [-0.1, -0.05) is 32.0 Å². The fourth-order valence-electron chi connectivity index (χ4n) is 2.08. The van der Waals surface area contributed by atoms with Crippen molar-refractivity contribution in [2.45, 2.75) is 39.2 Å². The topological polar surface area (TPSA) is 33.1 Å². The zero-order valence-corrected chi connectivity index (χ0v) is 11.4. The summed E-state index contributed by atoms with van der Waals surface area (Å²) in [7, 11) is 0. The van der Waals surface area contributed by atoms with Crippen molar-refractivity contribution in [1.82, 2.24) is 4.98 Å². The van der Waals surface area contributed by atoms with E-state index in [4.69, 9.17) is 0 Å². The maximum atomic E-state index is 10.6. The Morgan fingerprint density at radius 3 is 2.72 bits per heavy atom. The zero-order chi connectivity index (χ0) is 13.2. The van der Waals surface area contributed by atoms with Gasteiger partial charge >= 0.3 is 0 Å². The number of aromatic nitrogens is 1. The number of para-hydroxylation sites is 1. The van der Waals surface area contributed by atoms with Gasteiger partial charge in [0.25, 0.3) is 0 Å². The highest BCUT2D eigenvalue weighted by Crippen LogP contribution is 2.28. The third-order valence-corrected chi connectivity index (χ3v) is 3.42. The molecule has 2 nitrogen and oxygen atoms in total. The summed E-state index contributed by atoms with van der Waals surface area (Å²) in [5, 5.41) is 11.6. The first-order chi connectivity index (χ1) is 8.49. The molecule has 1 unspecified atom stereocenters. The zero-order valence-electron chi connectivity index (χ0n) is 11.4. The highest BCUT2D eigenvalue weighted by Gasteiger charge is 2.23. The molecule has 0 amide bonds. The monoisotopic (exact) mass is 243 g/mol. The summed E-state index contributed by atoms with van der Waals surface area (Å²) in [5.41, 5.74) is 1.09. The number of nitrogens with zero attached hydrogens (tertiary/aromatic N) is 1. The number of hydrogen-bond donors (Lipinski definition) is 1. The largest absolute Gasteiger partial charge is 0.385 e. The van der Waals surface area contributed by atoms with Crippen molar-refractivity contribution in [1.29, 1.82) is 0 Å². The van der Waals surface area contributed by atoms with E-state index in [2.05, 4.69) is 18.8 Å². The van der Waals surface area contributed by atoms with Crippen molar-refractivity contribution in [3.63, 3.8) is 0 Å². The average molecular weight is 243 g/mol. The van der Waals surface area contributed by atoms with Gasteiger partial charge in [0, 0.05) is 17.1 Å². The Morgan fingerprint density at radius 1 is 1.28 bits per heavy atom. The Kier molecular flexibility index (Phi) is 3.67. The molecular formula is C16H21NO. The molecule has 96 valence electrons. The molecule has 1 atom stereocenters. The molecule has 1 N–H and O–H groups in total. The van der Waals surface area contributed by atoms with Crippen LogP contribution in [0, 0.1) is 5.92 Å². The standard InChI is InChI=1S/C16H21NO/c1-12(2)8-9-16(3,18)14-10-13-6-4-5-7-15(13)17-11-14/h4-7,10-12,18H,8-9H2,1-3H3. The molecule has 0 fully saturated rings. The van der Waals surface area contributed by atoms with E-state index in [1.807, 2.05) is 37.3 Å². The summed E-state index contributed by atoms with van der Waals surface area (Å²) in [4.78, 5) is 4.41. The van der Waals surface area contributed by atoms with Crippen LogP contribution in [-0.4, -0.2) is 10.1 Å². The minimum atomic E-state index is -0.790. The molecule has 2 heteroatoms. The smallest absolute Gasteiger partial charge is 0.0883 e. The Labute approximate surface area is 109 Å². The summed E-state index contributed by atoms with van der Waals surface area (Å²) in [6, 6.07) is 10.0. The summed E-state index contributed by atoms with van der Waals surface area (Å²) in [6.07, 6.45) is 3.58. The van der Waals surface area contributed by atoms with Gasteiger partial charge in [0.05, 0.1) is 11.1 Å². The van der Waals surface area contributed by atoms with E-state index in [-0.39, 0.29) is 0 Å². The van der Waals surface area contributed by atoms with Crippen LogP contribution in [0.4, 0.5) is 0 Å². The summed E-state index contributed by atoms with van der Waals surface area (Å²) >= 11 is 0. The minimum absolute atomic E-state index is 0.602. The van der Waals surface area contributed by atoms with Crippen molar-refractivity contribution in [3.05, 3.63) is 42.1 Å². The maximum absolute atomic E-state index is 10.6. The predicted molar refractivity (Wildman–Crippen MR) is 75.4 cm³/mol. The van der Waals surface area contributed by atoms with Gasteiger partial charge in [-0.05, 0) is 37.8 Å². The second-order valence-electron chi connectivity index (χ2n) is 5.62. The molecule has 0 bridgehead atoms. The molecule has 0 saturated heterocycles. The van der Waals surface area contributed by atoms with E-state index in [1.54, 1.807) is 6.20 Å². The normalized spacial score (nSPS) is 14.9. The maximum Gasteiger partial charge on any atom is 0.0883 e. The molecule has 0 aliphatic rings. The van der Waals surface area contributed by atoms with Gasteiger partial charge in [0.15, 0.2) is 0 Å². The first-order valence-corrected chi connectivity index (χ1v) is 6.57. The van der Waals surface area contributed by atoms with Crippen LogP contribution >= 0.6 is 0 Å². The number of hydrogen-bond acceptors (Lipinski definition) is 2. The van der Waals surface area contributed by atoms with Crippen LogP contribution < -0.4 is 0 Å². The van der Waals surface area contributed by atoms with E-state index in [0.29, 0.717) is 5.92 Å². The molecule has 18 heavy (non-hydrogen) atoms. The number of fused-ring (bicyclic) bond motifs is 1. The van der Waals surface area contributed by atoms with E-state index in [0.717, 1.165) is 29.3 Å². The fraction of sp³-hybridized carbons (Fsp3) is 0.438. The van der Waals surface area contributed by atoms with Gasteiger partial charge in [0.2, 0.25) is 0 Å². The molecule has 2 aromatic rings. The van der Waals surface area contributed by atoms with Crippen LogP contribution in [0.15, 0.2) is 36.5 Å². The Balaban J connectivity index is 2.29. The Morgan fingerprint density at radius 2 is 2.00 bits per heavy atom. The van der Waals surface area contributed by atoms with E-state index >= 15 is 0 Å². The van der Waals surface area contributed by atoms with Crippen LogP contribution in [0.3, 0.4) is 0 Å². The van der Waals surface area contributed by atoms with Gasteiger partial charge in [0.1, 0.15) is 0 Å². The van der Waals surface area contributed by atoms with Gasteiger partial charge in [-0.3, -0.25) is 4.98 Å². The van der Waals surface area contributed by atoms with Crippen molar-refractivity contribution in [2.75, 3.05) is 0 Å². The lowest BCUT2D eigenvalue weighted by Crippen LogP contribution is -2.22. The molecule has 0 saturated carbocycles. The summed E-state index contributed by atoms with van der Waals surface area (Å²) in [6.45, 7) is 6.23. The van der Waals surface area contributed by atoms with Crippen molar-refractivity contribution >= 4 is 10.9 Å². The molecule has 0 radical (unpaired) electrons. The van der Waals surface area contributed by atoms with Crippen LogP contribution in [-0.2, 0) is 5.60 Å². The molecule has 0 aliphatic heterocycles. The van der Waals surface area contributed by atoms with Crippen molar-refractivity contribution in [3.8, 4) is 0 Å². The first kappa shape index (κ1) is 13.0. The van der Waals surface area contributed by atoms with E-state index in [1.165, 1.54) is 0 Å². The molecule has 1 heterocycles. The third kappa shape index (κ3) is 2.88. The number of aliphatic hydroxyl groups is 1. The van der Waals surface area contributed by atoms with E-state index < -0.39 is 5.60 Å². The lowest BCUT2D eigenvalue weighted by molar-refractivity contribution is 0.0418. The van der Waals surface area contributed by atoms with Gasteiger partial charge in [-0.25, -0.2) is 0 Å². The van der Waals surface area contributed by atoms with Crippen molar-refractivity contribution < 1.29 is 5.11 Å². The van der Waals surface area contributed by atoms with Crippen LogP contribution in [0.25, 0.3) is 10.9 Å². The summed E-state index contributed by atoms with van der Waals surface area (Å²) < 4.78 is 0. The van der Waals surface area contributed by atoms with Crippen LogP contribution in [0.2, 0.25) is 0 Å². The molecular weight excluding hydrogens is 222 g/mol. The minimum Gasteiger partial charge on any atom is -0.385 e. The molecule has 2 rings (SSSR count). The fourth-order valence-corrected chi connectivity index (χ4v) is 2.08. The molecule has 0 spiro atoms. The lowest BCUT2D eigenvalue weighted by Gasteiger charge is -2.24.